The monoisotopic (exact) mass is 333 g/mol. The average Bonchev–Trinajstić information content (AvgIpc) is 2.55. The molecule has 3 aromatic heterocycles. The molecule has 0 aromatic carbocycles. The molecule has 0 aliphatic heterocycles. The highest BCUT2D eigenvalue weighted by Gasteiger charge is 2.32. The molecule has 0 bridgehead atoms. The van der Waals surface area contributed by atoms with Gasteiger partial charge in [0, 0.05) is 35.9 Å². The van der Waals surface area contributed by atoms with Gasteiger partial charge in [-0.2, -0.15) is 13.2 Å². The first-order chi connectivity index (χ1) is 11.4. The Bertz CT molecular complexity index is 869. The number of pyridine rings is 2. The average molecular weight is 333 g/mol. The van der Waals surface area contributed by atoms with Gasteiger partial charge in [0.05, 0.1) is 5.69 Å². The van der Waals surface area contributed by atoms with Crippen LogP contribution in [0.15, 0.2) is 48.9 Å². The van der Waals surface area contributed by atoms with Crippen molar-refractivity contribution in [2.24, 2.45) is 0 Å². The lowest BCUT2D eigenvalue weighted by atomic mass is 10.2. The van der Waals surface area contributed by atoms with Crippen LogP contribution in [-0.4, -0.2) is 25.0 Å². The Morgan fingerprint density at radius 1 is 0.917 bits per heavy atom. The van der Waals surface area contributed by atoms with E-state index < -0.39 is 11.9 Å². The maximum atomic E-state index is 12.7. The van der Waals surface area contributed by atoms with E-state index in [-0.39, 0.29) is 17.5 Å². The summed E-state index contributed by atoms with van der Waals surface area (Å²) in [6.45, 7) is 0. The van der Waals surface area contributed by atoms with Crippen LogP contribution in [0.2, 0.25) is 0 Å². The molecule has 24 heavy (non-hydrogen) atoms. The number of nitrogens with one attached hydrogen (secondary N) is 1. The van der Waals surface area contributed by atoms with E-state index in [9.17, 15) is 18.3 Å². The zero-order valence-corrected chi connectivity index (χ0v) is 12.0. The van der Waals surface area contributed by atoms with Gasteiger partial charge in [0.25, 0.3) is 0 Å². The van der Waals surface area contributed by atoms with E-state index >= 15 is 0 Å². The maximum absolute atomic E-state index is 12.7. The number of halogens is 3. The third-order valence-corrected chi connectivity index (χ3v) is 3.00. The molecule has 0 saturated carbocycles. The van der Waals surface area contributed by atoms with Crippen molar-refractivity contribution >= 4 is 11.6 Å². The van der Waals surface area contributed by atoms with Crippen molar-refractivity contribution in [3.63, 3.8) is 0 Å². The zero-order chi connectivity index (χ0) is 17.2. The Labute approximate surface area is 134 Å². The summed E-state index contributed by atoms with van der Waals surface area (Å²) in [7, 11) is 0. The Kier molecular flexibility index (Phi) is 3.98. The molecule has 6 nitrogen and oxygen atoms in total. The molecule has 2 N–H and O–H groups in total. The van der Waals surface area contributed by atoms with E-state index in [1.165, 1.54) is 24.5 Å². The van der Waals surface area contributed by atoms with Crippen LogP contribution in [0.5, 0.6) is 5.88 Å². The Morgan fingerprint density at radius 2 is 1.67 bits per heavy atom. The van der Waals surface area contributed by atoms with Crippen LogP contribution in [0.25, 0.3) is 11.3 Å². The molecule has 0 atom stereocenters. The fourth-order valence-electron chi connectivity index (χ4n) is 1.95. The van der Waals surface area contributed by atoms with Crippen LogP contribution < -0.4 is 5.32 Å². The third-order valence-electron chi connectivity index (χ3n) is 3.00. The first kappa shape index (κ1) is 15.7. The molecule has 9 heteroatoms. The SMILES string of the molecule is Oc1cc(-c2ccnc(Nc3ccnc(C(F)(F)F)c3)n2)ccn1. The minimum atomic E-state index is -4.53. The molecule has 3 heterocycles. The standard InChI is InChI=1S/C15H10F3N5O/c16-15(17,18)12-8-10(2-5-19-12)22-14-21-6-3-11(23-14)9-1-4-20-13(24)7-9/h1-8H,(H,20,24)(H,19,21,22,23). The van der Waals surface area contributed by atoms with Gasteiger partial charge in [0.1, 0.15) is 5.69 Å². The maximum Gasteiger partial charge on any atom is 0.433 e. The van der Waals surface area contributed by atoms with Gasteiger partial charge in [-0.25, -0.2) is 15.0 Å². The van der Waals surface area contributed by atoms with Crippen molar-refractivity contribution < 1.29 is 18.3 Å². The van der Waals surface area contributed by atoms with Crippen molar-refractivity contribution in [2.45, 2.75) is 6.18 Å². The van der Waals surface area contributed by atoms with Gasteiger partial charge in [0.2, 0.25) is 11.8 Å². The van der Waals surface area contributed by atoms with Crippen LogP contribution in [0.4, 0.5) is 24.8 Å². The molecule has 0 unspecified atom stereocenters. The van der Waals surface area contributed by atoms with Crippen LogP contribution in [0.3, 0.4) is 0 Å². The van der Waals surface area contributed by atoms with E-state index in [0.29, 0.717) is 11.3 Å². The van der Waals surface area contributed by atoms with Gasteiger partial charge >= 0.3 is 6.18 Å². The lowest BCUT2D eigenvalue weighted by molar-refractivity contribution is -0.141. The largest absolute Gasteiger partial charge is 0.493 e. The van der Waals surface area contributed by atoms with Gasteiger partial charge in [0.15, 0.2) is 0 Å². The molecule has 0 fully saturated rings. The van der Waals surface area contributed by atoms with E-state index in [1.54, 1.807) is 12.1 Å². The number of alkyl halides is 3. The molecule has 0 saturated heterocycles. The predicted molar refractivity (Wildman–Crippen MR) is 79.4 cm³/mol. The predicted octanol–water partition coefficient (Wildman–Crippen LogP) is 3.40. The first-order valence-corrected chi connectivity index (χ1v) is 6.70. The van der Waals surface area contributed by atoms with Crippen molar-refractivity contribution in [1.29, 1.82) is 0 Å². The highest BCUT2D eigenvalue weighted by atomic mass is 19.4. The number of hydrogen-bond acceptors (Lipinski definition) is 6. The Balaban J connectivity index is 1.88. The van der Waals surface area contributed by atoms with Crippen LogP contribution in [0, 0.1) is 0 Å². The molecule has 0 aliphatic carbocycles. The number of aromatic hydroxyl groups is 1. The molecular formula is C15H10F3N5O. The summed E-state index contributed by atoms with van der Waals surface area (Å²) in [4.78, 5) is 15.1. The molecule has 0 spiro atoms. The quantitative estimate of drug-likeness (QED) is 0.764. The zero-order valence-electron chi connectivity index (χ0n) is 12.0. The fourth-order valence-corrected chi connectivity index (χ4v) is 1.95. The highest BCUT2D eigenvalue weighted by molar-refractivity contribution is 5.62. The molecule has 0 radical (unpaired) electrons. The number of nitrogens with zero attached hydrogens (tertiary/aromatic N) is 4. The summed E-state index contributed by atoms with van der Waals surface area (Å²) in [5.74, 6) is -0.0484. The highest BCUT2D eigenvalue weighted by Crippen LogP contribution is 2.29. The summed E-state index contributed by atoms with van der Waals surface area (Å²) < 4.78 is 38.0. The summed E-state index contributed by atoms with van der Waals surface area (Å²) in [6, 6.07) is 6.91. The van der Waals surface area contributed by atoms with E-state index in [2.05, 4.69) is 25.3 Å². The van der Waals surface area contributed by atoms with Crippen molar-refractivity contribution in [3.8, 4) is 17.1 Å². The van der Waals surface area contributed by atoms with Crippen molar-refractivity contribution in [2.75, 3.05) is 5.32 Å². The van der Waals surface area contributed by atoms with E-state index in [4.69, 9.17) is 0 Å². The fraction of sp³-hybridized carbons (Fsp3) is 0.0667. The lowest BCUT2D eigenvalue weighted by Crippen LogP contribution is -2.08. The molecule has 3 aromatic rings. The molecule has 0 aliphatic rings. The summed E-state index contributed by atoms with van der Waals surface area (Å²) >= 11 is 0. The van der Waals surface area contributed by atoms with Crippen LogP contribution >= 0.6 is 0 Å². The van der Waals surface area contributed by atoms with Gasteiger partial charge in [-0.1, -0.05) is 0 Å². The molecule has 122 valence electrons. The van der Waals surface area contributed by atoms with Gasteiger partial charge < -0.3 is 10.4 Å². The smallest absolute Gasteiger partial charge is 0.433 e. The molecule has 3 rings (SSSR count). The van der Waals surface area contributed by atoms with Gasteiger partial charge in [-0.05, 0) is 24.3 Å². The van der Waals surface area contributed by atoms with Crippen molar-refractivity contribution in [3.05, 3.63) is 54.6 Å². The van der Waals surface area contributed by atoms with Gasteiger partial charge in [-0.15, -0.1) is 0 Å². The topological polar surface area (TPSA) is 83.8 Å². The van der Waals surface area contributed by atoms with Crippen molar-refractivity contribution in [1.82, 2.24) is 19.9 Å². The Morgan fingerprint density at radius 3 is 2.42 bits per heavy atom. The normalized spacial score (nSPS) is 11.3. The number of rotatable bonds is 3. The van der Waals surface area contributed by atoms with E-state index in [0.717, 1.165) is 12.3 Å². The van der Waals surface area contributed by atoms with E-state index in [1.807, 2.05) is 0 Å². The third kappa shape index (κ3) is 3.57. The Hall–Kier alpha value is -3.23. The minimum Gasteiger partial charge on any atom is -0.493 e. The van der Waals surface area contributed by atoms with Crippen LogP contribution in [-0.2, 0) is 6.18 Å². The van der Waals surface area contributed by atoms with Crippen LogP contribution in [0.1, 0.15) is 5.69 Å². The molecular weight excluding hydrogens is 323 g/mol. The summed E-state index contributed by atoms with van der Waals surface area (Å²) in [5, 5.41) is 12.1. The minimum absolute atomic E-state index is 0.114. The van der Waals surface area contributed by atoms with Gasteiger partial charge in [-0.3, -0.25) is 4.98 Å². The summed E-state index contributed by atoms with van der Waals surface area (Å²) in [6.07, 6.45) is -0.614. The lowest BCUT2D eigenvalue weighted by Gasteiger charge is -2.09. The number of anilines is 2. The second kappa shape index (κ2) is 6.11. The second-order valence-electron chi connectivity index (χ2n) is 4.72. The molecule has 0 amide bonds. The second-order valence-corrected chi connectivity index (χ2v) is 4.72. The first-order valence-electron chi connectivity index (χ1n) is 6.70. The summed E-state index contributed by atoms with van der Waals surface area (Å²) in [5.41, 5.74) is 0.226. The number of hydrogen-bond donors (Lipinski definition) is 2. The number of aromatic nitrogens is 4.